The van der Waals surface area contributed by atoms with Crippen LogP contribution < -0.4 is 15.5 Å². The molecule has 2 atom stereocenters. The fourth-order valence-electron chi connectivity index (χ4n) is 4.56. The SMILES string of the molecule is Cc1cc(N(C)C)ccc1C(=O)NC1CCCC(Nc2cc(C(F)(F)F)nc3ccccc23)C1. The number of carbonyl (C=O) groups excluding carboxylic acids is 1. The standard InChI is InChI=1S/C26H29F3N4O/c1-16-13-19(33(2)3)11-12-20(16)25(34)31-18-8-6-7-17(14-18)30-23-15-24(26(27,28)29)32-22-10-5-4-9-21(22)23/h4-5,9-13,15,17-18H,6-8,14H2,1-3H3,(H,30,32)(H,31,34). The molecule has 1 aromatic heterocycles. The highest BCUT2D eigenvalue weighted by atomic mass is 19.4. The molecule has 0 saturated heterocycles. The number of nitrogens with zero attached hydrogens (tertiary/aromatic N) is 2. The van der Waals surface area contributed by atoms with E-state index in [1.807, 2.05) is 44.1 Å². The fraction of sp³-hybridized carbons (Fsp3) is 0.385. The molecule has 5 nitrogen and oxygen atoms in total. The van der Waals surface area contributed by atoms with Gasteiger partial charge in [0.2, 0.25) is 0 Å². The van der Waals surface area contributed by atoms with E-state index in [0.29, 0.717) is 28.6 Å². The second-order valence-corrected chi connectivity index (χ2v) is 9.14. The minimum absolute atomic E-state index is 0.0526. The molecule has 3 aromatic rings. The second kappa shape index (κ2) is 9.52. The van der Waals surface area contributed by atoms with Crippen molar-refractivity contribution in [1.82, 2.24) is 10.3 Å². The lowest BCUT2D eigenvalue weighted by atomic mass is 9.90. The van der Waals surface area contributed by atoms with Crippen molar-refractivity contribution in [2.75, 3.05) is 24.3 Å². The summed E-state index contributed by atoms with van der Waals surface area (Å²) in [6.07, 6.45) is -1.36. The molecule has 34 heavy (non-hydrogen) atoms. The van der Waals surface area contributed by atoms with Crippen molar-refractivity contribution in [3.8, 4) is 0 Å². The van der Waals surface area contributed by atoms with Crippen LogP contribution in [0.2, 0.25) is 0 Å². The first kappa shape index (κ1) is 23.9. The normalized spacial score (nSPS) is 18.5. The van der Waals surface area contributed by atoms with Crippen molar-refractivity contribution in [3.05, 3.63) is 65.4 Å². The number of carbonyl (C=O) groups is 1. The lowest BCUT2D eigenvalue weighted by Gasteiger charge is -2.31. The number of halogens is 3. The Bertz CT molecular complexity index is 1190. The maximum atomic E-state index is 13.4. The number of hydrogen-bond donors (Lipinski definition) is 2. The van der Waals surface area contributed by atoms with Crippen LogP contribution in [0.5, 0.6) is 0 Å². The van der Waals surface area contributed by atoms with Gasteiger partial charge in [-0.05, 0) is 68.5 Å². The van der Waals surface area contributed by atoms with Crippen molar-refractivity contribution >= 4 is 28.2 Å². The Balaban J connectivity index is 1.49. The third-order valence-electron chi connectivity index (χ3n) is 6.35. The smallest absolute Gasteiger partial charge is 0.382 e. The quantitative estimate of drug-likeness (QED) is 0.496. The number of aromatic nitrogens is 1. The molecular weight excluding hydrogens is 441 g/mol. The van der Waals surface area contributed by atoms with E-state index in [1.54, 1.807) is 24.3 Å². The van der Waals surface area contributed by atoms with Crippen LogP contribution in [0.15, 0.2) is 48.5 Å². The van der Waals surface area contributed by atoms with Crippen molar-refractivity contribution in [1.29, 1.82) is 0 Å². The summed E-state index contributed by atoms with van der Waals surface area (Å²) in [5.41, 5.74) is 2.37. The maximum Gasteiger partial charge on any atom is 0.433 e. The van der Waals surface area contributed by atoms with Crippen LogP contribution in [-0.4, -0.2) is 37.1 Å². The number of pyridine rings is 1. The van der Waals surface area contributed by atoms with E-state index in [1.165, 1.54) is 0 Å². The second-order valence-electron chi connectivity index (χ2n) is 9.14. The van der Waals surface area contributed by atoms with E-state index >= 15 is 0 Å². The maximum absolute atomic E-state index is 13.4. The first-order chi connectivity index (χ1) is 16.1. The molecule has 1 fully saturated rings. The molecular formula is C26H29F3N4O. The molecule has 180 valence electrons. The van der Waals surface area contributed by atoms with Crippen molar-refractivity contribution in [2.45, 2.75) is 50.9 Å². The van der Waals surface area contributed by atoms with E-state index in [0.717, 1.165) is 36.6 Å². The molecule has 0 spiro atoms. The monoisotopic (exact) mass is 470 g/mol. The molecule has 1 aliphatic rings. The highest BCUT2D eigenvalue weighted by Gasteiger charge is 2.34. The number of amides is 1. The summed E-state index contributed by atoms with van der Waals surface area (Å²) in [6.45, 7) is 1.92. The summed E-state index contributed by atoms with van der Waals surface area (Å²) in [4.78, 5) is 18.7. The number of nitrogens with one attached hydrogen (secondary N) is 2. The summed E-state index contributed by atoms with van der Waals surface area (Å²) >= 11 is 0. The molecule has 0 radical (unpaired) electrons. The third kappa shape index (κ3) is 5.26. The van der Waals surface area contributed by atoms with E-state index in [2.05, 4.69) is 15.6 Å². The molecule has 1 amide bonds. The number of rotatable bonds is 5. The molecule has 1 saturated carbocycles. The lowest BCUT2D eigenvalue weighted by Crippen LogP contribution is -2.42. The first-order valence-electron chi connectivity index (χ1n) is 11.4. The molecule has 2 N–H and O–H groups in total. The number of benzene rings is 2. The minimum atomic E-state index is -4.52. The summed E-state index contributed by atoms with van der Waals surface area (Å²) in [7, 11) is 3.90. The molecule has 0 bridgehead atoms. The summed E-state index contributed by atoms with van der Waals surface area (Å²) < 4.78 is 40.2. The number of alkyl halides is 3. The van der Waals surface area contributed by atoms with Gasteiger partial charge < -0.3 is 15.5 Å². The van der Waals surface area contributed by atoms with Gasteiger partial charge in [-0.25, -0.2) is 4.98 Å². The summed E-state index contributed by atoms with van der Waals surface area (Å²) in [5, 5.41) is 7.09. The third-order valence-corrected chi connectivity index (χ3v) is 6.35. The predicted octanol–water partition coefficient (Wildman–Crippen LogP) is 5.78. The average Bonchev–Trinajstić information content (AvgIpc) is 2.78. The van der Waals surface area contributed by atoms with Crippen LogP contribution in [0, 0.1) is 6.92 Å². The Morgan fingerprint density at radius 1 is 1.06 bits per heavy atom. The first-order valence-corrected chi connectivity index (χ1v) is 11.4. The van der Waals surface area contributed by atoms with Gasteiger partial charge in [-0.2, -0.15) is 13.2 Å². The lowest BCUT2D eigenvalue weighted by molar-refractivity contribution is -0.140. The Morgan fingerprint density at radius 2 is 1.79 bits per heavy atom. The molecule has 2 aromatic carbocycles. The highest BCUT2D eigenvalue weighted by Crippen LogP contribution is 2.34. The Morgan fingerprint density at radius 3 is 2.50 bits per heavy atom. The number of para-hydroxylation sites is 1. The zero-order valence-electron chi connectivity index (χ0n) is 19.5. The van der Waals surface area contributed by atoms with Crippen LogP contribution in [0.3, 0.4) is 0 Å². The van der Waals surface area contributed by atoms with E-state index in [-0.39, 0.29) is 18.0 Å². The van der Waals surface area contributed by atoms with Crippen LogP contribution in [0.25, 0.3) is 10.9 Å². The molecule has 8 heteroatoms. The molecule has 4 rings (SSSR count). The zero-order valence-corrected chi connectivity index (χ0v) is 19.5. The number of aryl methyl sites for hydroxylation is 1. The van der Waals surface area contributed by atoms with Gasteiger partial charge >= 0.3 is 6.18 Å². The molecule has 0 aliphatic heterocycles. The Hall–Kier alpha value is -3.29. The van der Waals surface area contributed by atoms with Crippen LogP contribution in [0.4, 0.5) is 24.5 Å². The van der Waals surface area contributed by atoms with Crippen molar-refractivity contribution < 1.29 is 18.0 Å². The molecule has 1 heterocycles. The van der Waals surface area contributed by atoms with Crippen LogP contribution in [-0.2, 0) is 6.18 Å². The van der Waals surface area contributed by atoms with Gasteiger partial charge in [0.1, 0.15) is 5.69 Å². The average molecular weight is 471 g/mol. The molecule has 2 unspecified atom stereocenters. The van der Waals surface area contributed by atoms with Gasteiger partial charge in [0, 0.05) is 48.5 Å². The van der Waals surface area contributed by atoms with Gasteiger partial charge in [-0.1, -0.05) is 18.2 Å². The number of hydrogen-bond acceptors (Lipinski definition) is 4. The molecule has 1 aliphatic carbocycles. The topological polar surface area (TPSA) is 57.3 Å². The van der Waals surface area contributed by atoms with Crippen molar-refractivity contribution in [2.24, 2.45) is 0 Å². The number of anilines is 2. The van der Waals surface area contributed by atoms with E-state index in [4.69, 9.17) is 0 Å². The Kier molecular flexibility index (Phi) is 6.68. The fourth-order valence-corrected chi connectivity index (χ4v) is 4.56. The van der Waals surface area contributed by atoms with Crippen molar-refractivity contribution in [3.63, 3.8) is 0 Å². The van der Waals surface area contributed by atoms with Gasteiger partial charge in [-0.3, -0.25) is 4.79 Å². The summed E-state index contributed by atoms with van der Waals surface area (Å²) in [5.74, 6) is -0.123. The zero-order chi connectivity index (χ0) is 24.5. The number of fused-ring (bicyclic) bond motifs is 1. The summed E-state index contributed by atoms with van der Waals surface area (Å²) in [6, 6.07) is 13.5. The predicted molar refractivity (Wildman–Crippen MR) is 129 cm³/mol. The Labute approximate surface area is 197 Å². The van der Waals surface area contributed by atoms with Gasteiger partial charge in [0.25, 0.3) is 5.91 Å². The van der Waals surface area contributed by atoms with Gasteiger partial charge in [0.15, 0.2) is 0 Å². The van der Waals surface area contributed by atoms with E-state index < -0.39 is 11.9 Å². The van der Waals surface area contributed by atoms with E-state index in [9.17, 15) is 18.0 Å². The van der Waals surface area contributed by atoms with Crippen LogP contribution in [0.1, 0.15) is 47.3 Å². The minimum Gasteiger partial charge on any atom is -0.382 e. The largest absolute Gasteiger partial charge is 0.433 e. The van der Waals surface area contributed by atoms with Gasteiger partial charge in [-0.15, -0.1) is 0 Å². The van der Waals surface area contributed by atoms with Gasteiger partial charge in [0.05, 0.1) is 5.52 Å². The highest BCUT2D eigenvalue weighted by molar-refractivity contribution is 5.96. The van der Waals surface area contributed by atoms with Crippen LogP contribution >= 0.6 is 0 Å².